The van der Waals surface area contributed by atoms with Gasteiger partial charge in [-0.05, 0) is 12.8 Å². The van der Waals surface area contributed by atoms with Gasteiger partial charge < -0.3 is 10.6 Å². The van der Waals surface area contributed by atoms with Crippen LogP contribution in [0.25, 0.3) is 0 Å². The number of carbonyl (C=O) groups is 1. The summed E-state index contributed by atoms with van der Waals surface area (Å²) in [4.78, 5) is 13.9. The molecule has 0 aromatic carbocycles. The van der Waals surface area contributed by atoms with E-state index in [-0.39, 0.29) is 23.6 Å². The summed E-state index contributed by atoms with van der Waals surface area (Å²) >= 11 is 0. The van der Waals surface area contributed by atoms with Crippen LogP contribution < -0.4 is 5.73 Å². The van der Waals surface area contributed by atoms with Crippen LogP contribution in [0, 0.1) is 39.9 Å². The summed E-state index contributed by atoms with van der Waals surface area (Å²) in [5.74, 6) is -1.06. The molecule has 0 unspecified atom stereocenters. The molecule has 0 spiro atoms. The predicted molar refractivity (Wildman–Crippen MR) is 71.2 cm³/mol. The molecular weight excluding hydrogens is 254 g/mol. The molecule has 0 aromatic rings. The Morgan fingerprint density at radius 3 is 2.10 bits per heavy atom. The van der Waals surface area contributed by atoms with E-state index in [0.717, 1.165) is 25.7 Å². The highest BCUT2D eigenvalue weighted by atomic mass is 16.2. The summed E-state index contributed by atoms with van der Waals surface area (Å²) in [6.07, 6.45) is 4.09. The zero-order valence-corrected chi connectivity index (χ0v) is 11.3. The Kier molecular flexibility index (Phi) is 6.07. The van der Waals surface area contributed by atoms with Gasteiger partial charge in [0.1, 0.15) is 17.7 Å². The van der Waals surface area contributed by atoms with Crippen molar-refractivity contribution in [3.05, 3.63) is 11.3 Å². The minimum absolute atomic E-state index is 0.0742. The number of rotatable bonds is 3. The highest BCUT2D eigenvalue weighted by Gasteiger charge is 2.23. The van der Waals surface area contributed by atoms with Gasteiger partial charge >= 0.3 is 0 Å². The third kappa shape index (κ3) is 4.00. The maximum Gasteiger partial charge on any atom is 0.224 e. The normalized spacial score (nSPS) is 15.9. The molecule has 1 aliphatic rings. The third-order valence-corrected chi connectivity index (χ3v) is 3.38. The highest BCUT2D eigenvalue weighted by molar-refractivity contribution is 5.77. The Labute approximate surface area is 118 Å². The van der Waals surface area contributed by atoms with Crippen LogP contribution in [-0.2, 0) is 4.79 Å². The van der Waals surface area contributed by atoms with E-state index in [9.17, 15) is 4.79 Å². The molecule has 1 fully saturated rings. The Bertz CT molecular complexity index is 493. The van der Waals surface area contributed by atoms with E-state index in [1.807, 2.05) is 6.07 Å². The van der Waals surface area contributed by atoms with E-state index in [2.05, 4.69) is 0 Å². The molecular formula is C14H17N5O. The minimum Gasteiger partial charge on any atom is -0.399 e. The number of carbonyl (C=O) groups excluding carboxylic acids is 1. The van der Waals surface area contributed by atoms with Gasteiger partial charge in [0, 0.05) is 19.5 Å². The van der Waals surface area contributed by atoms with Crippen molar-refractivity contribution < 1.29 is 4.79 Å². The summed E-state index contributed by atoms with van der Waals surface area (Å²) in [5, 5.41) is 26.6. The van der Waals surface area contributed by atoms with Gasteiger partial charge in [0.25, 0.3) is 0 Å². The van der Waals surface area contributed by atoms with Crippen LogP contribution in [0.1, 0.15) is 32.1 Å². The lowest BCUT2D eigenvalue weighted by molar-refractivity contribution is -0.131. The number of likely N-dealkylation sites (tertiary alicyclic amines) is 1. The molecule has 1 heterocycles. The van der Waals surface area contributed by atoms with E-state index in [4.69, 9.17) is 21.5 Å². The van der Waals surface area contributed by atoms with Gasteiger partial charge in [-0.25, -0.2) is 0 Å². The molecule has 0 aliphatic carbocycles. The molecule has 0 saturated carbocycles. The fourth-order valence-corrected chi connectivity index (χ4v) is 2.18. The third-order valence-electron chi connectivity index (χ3n) is 3.38. The molecule has 0 radical (unpaired) electrons. The van der Waals surface area contributed by atoms with Crippen LogP contribution in [0.4, 0.5) is 0 Å². The second kappa shape index (κ2) is 7.81. The topological polar surface area (TPSA) is 118 Å². The molecule has 1 atom stereocenters. The van der Waals surface area contributed by atoms with Crippen LogP contribution in [0.5, 0.6) is 0 Å². The number of hydrogen-bond donors (Lipinski definition) is 1. The summed E-state index contributed by atoms with van der Waals surface area (Å²) in [6.45, 7) is 1.40. The fraction of sp³-hybridized carbons (Fsp3) is 0.571. The van der Waals surface area contributed by atoms with E-state index in [1.165, 1.54) is 0 Å². The summed E-state index contributed by atoms with van der Waals surface area (Å²) < 4.78 is 0. The van der Waals surface area contributed by atoms with Crippen molar-refractivity contribution in [1.29, 1.82) is 15.8 Å². The Morgan fingerprint density at radius 2 is 1.65 bits per heavy atom. The molecule has 20 heavy (non-hydrogen) atoms. The molecule has 1 amide bonds. The summed E-state index contributed by atoms with van der Waals surface area (Å²) in [5.41, 5.74) is 5.24. The number of nitrogens with two attached hydrogens (primary N) is 1. The van der Waals surface area contributed by atoms with Crippen molar-refractivity contribution in [2.45, 2.75) is 32.1 Å². The van der Waals surface area contributed by atoms with Gasteiger partial charge in [-0.15, -0.1) is 0 Å². The van der Waals surface area contributed by atoms with E-state index in [1.54, 1.807) is 17.0 Å². The molecule has 6 heteroatoms. The van der Waals surface area contributed by atoms with Crippen LogP contribution in [-0.4, -0.2) is 23.9 Å². The van der Waals surface area contributed by atoms with E-state index < -0.39 is 5.92 Å². The van der Waals surface area contributed by atoms with Crippen molar-refractivity contribution in [1.82, 2.24) is 4.90 Å². The van der Waals surface area contributed by atoms with E-state index >= 15 is 0 Å². The fourth-order valence-electron chi connectivity index (χ4n) is 2.18. The lowest BCUT2D eigenvalue weighted by atomic mass is 9.99. The van der Waals surface area contributed by atoms with Crippen LogP contribution in [0.15, 0.2) is 11.3 Å². The SMILES string of the molecule is N#CC(C#N)=C(N)[C@@H](C#N)CC(=O)N1CCCCCC1. The quantitative estimate of drug-likeness (QED) is 0.773. The van der Waals surface area contributed by atoms with Gasteiger partial charge in [0.2, 0.25) is 5.91 Å². The standard InChI is InChI=1S/C14H17N5O/c15-8-11(14(18)12(9-16)10-17)7-13(20)19-5-3-1-2-4-6-19/h11H,1-7,18H2/t11-/m1/s1. The molecule has 0 bridgehead atoms. The predicted octanol–water partition coefficient (Wildman–Crippen LogP) is 1.18. The second-order valence-corrected chi connectivity index (χ2v) is 4.73. The molecule has 1 aliphatic heterocycles. The zero-order chi connectivity index (χ0) is 15.0. The average molecular weight is 271 g/mol. The van der Waals surface area contributed by atoms with E-state index in [0.29, 0.717) is 13.1 Å². The molecule has 0 aromatic heterocycles. The van der Waals surface area contributed by atoms with Crippen molar-refractivity contribution in [2.75, 3.05) is 13.1 Å². The zero-order valence-electron chi connectivity index (χ0n) is 11.3. The number of nitriles is 3. The van der Waals surface area contributed by atoms with Crippen molar-refractivity contribution in [3.8, 4) is 18.2 Å². The van der Waals surface area contributed by atoms with Crippen molar-refractivity contribution >= 4 is 5.91 Å². The van der Waals surface area contributed by atoms with Crippen LogP contribution in [0.2, 0.25) is 0 Å². The Balaban J connectivity index is 2.77. The smallest absolute Gasteiger partial charge is 0.224 e. The maximum absolute atomic E-state index is 12.2. The first kappa shape index (κ1) is 15.5. The van der Waals surface area contributed by atoms with Gasteiger partial charge in [-0.3, -0.25) is 4.79 Å². The number of nitrogens with zero attached hydrogens (tertiary/aromatic N) is 4. The van der Waals surface area contributed by atoms with Gasteiger partial charge in [0.15, 0.2) is 0 Å². The highest BCUT2D eigenvalue weighted by Crippen LogP contribution is 2.17. The van der Waals surface area contributed by atoms with Gasteiger partial charge in [0.05, 0.1) is 17.7 Å². The Hall–Kier alpha value is -2.52. The van der Waals surface area contributed by atoms with Crippen molar-refractivity contribution in [3.63, 3.8) is 0 Å². The summed E-state index contributed by atoms with van der Waals surface area (Å²) in [7, 11) is 0. The number of allylic oxidation sites excluding steroid dienone is 2. The maximum atomic E-state index is 12.2. The second-order valence-electron chi connectivity index (χ2n) is 4.73. The molecule has 1 saturated heterocycles. The monoisotopic (exact) mass is 271 g/mol. The van der Waals surface area contributed by atoms with Crippen LogP contribution >= 0.6 is 0 Å². The molecule has 104 valence electrons. The Morgan fingerprint density at radius 1 is 1.10 bits per heavy atom. The first-order chi connectivity index (χ1) is 9.63. The first-order valence-electron chi connectivity index (χ1n) is 6.61. The van der Waals surface area contributed by atoms with Crippen LogP contribution in [0.3, 0.4) is 0 Å². The lowest BCUT2D eigenvalue weighted by Gasteiger charge is -2.21. The van der Waals surface area contributed by atoms with Gasteiger partial charge in [-0.2, -0.15) is 15.8 Å². The molecule has 1 rings (SSSR count). The number of amides is 1. The van der Waals surface area contributed by atoms with Crippen molar-refractivity contribution in [2.24, 2.45) is 11.7 Å². The minimum atomic E-state index is -0.917. The van der Waals surface area contributed by atoms with Gasteiger partial charge in [-0.1, -0.05) is 12.8 Å². The largest absolute Gasteiger partial charge is 0.399 e. The first-order valence-corrected chi connectivity index (χ1v) is 6.61. The summed E-state index contributed by atoms with van der Waals surface area (Å²) in [6, 6.07) is 5.20. The average Bonchev–Trinajstić information content (AvgIpc) is 2.74. The molecule has 2 N–H and O–H groups in total. The molecule has 6 nitrogen and oxygen atoms in total. The number of hydrogen-bond acceptors (Lipinski definition) is 5. The lowest BCUT2D eigenvalue weighted by Crippen LogP contribution is -2.33.